The number of aromatic amines is 1. The maximum atomic E-state index is 13.7. The Hall–Kier alpha value is -3.09. The second kappa shape index (κ2) is 13.3. The summed E-state index contributed by atoms with van der Waals surface area (Å²) >= 11 is 0. The number of ether oxygens (including phenoxy) is 1. The number of carbonyl (C=O) groups excluding carboxylic acids is 1. The van der Waals surface area contributed by atoms with Gasteiger partial charge in [0.2, 0.25) is 0 Å². The molecule has 12 heteroatoms. The Balaban J connectivity index is 1.32. The number of nitrogens with zero attached hydrogens (tertiary/aromatic N) is 3. The van der Waals surface area contributed by atoms with Gasteiger partial charge < -0.3 is 14.6 Å². The number of hydrogen-bond donors (Lipinski definition) is 1. The lowest BCUT2D eigenvalue weighted by Crippen LogP contribution is -2.56. The van der Waals surface area contributed by atoms with Gasteiger partial charge in [0.15, 0.2) is 0 Å². The molecule has 6 nitrogen and oxygen atoms in total. The summed E-state index contributed by atoms with van der Waals surface area (Å²) in [4.78, 5) is 23.0. The van der Waals surface area contributed by atoms with Crippen molar-refractivity contribution in [2.24, 2.45) is 0 Å². The first-order valence-electron chi connectivity index (χ1n) is 14.7. The van der Waals surface area contributed by atoms with E-state index >= 15 is 0 Å². The lowest BCUT2D eigenvalue weighted by Gasteiger charge is -2.42. The molecule has 2 saturated heterocycles. The van der Waals surface area contributed by atoms with Gasteiger partial charge in [-0.25, -0.2) is 0 Å². The Morgan fingerprint density at radius 1 is 0.837 bits per heavy atom. The molecule has 0 radical (unpaired) electrons. The van der Waals surface area contributed by atoms with Crippen LogP contribution >= 0.6 is 0 Å². The van der Waals surface area contributed by atoms with E-state index in [4.69, 9.17) is 4.74 Å². The van der Waals surface area contributed by atoms with Gasteiger partial charge in [-0.2, -0.15) is 26.3 Å². The van der Waals surface area contributed by atoms with Crippen LogP contribution in [0.3, 0.4) is 0 Å². The number of alkyl halides is 6. The summed E-state index contributed by atoms with van der Waals surface area (Å²) in [5, 5.41) is 0.966. The number of nitrogens with one attached hydrogen (secondary N) is 1. The van der Waals surface area contributed by atoms with Crippen molar-refractivity contribution in [3.63, 3.8) is 0 Å². The number of piperazine rings is 1. The summed E-state index contributed by atoms with van der Waals surface area (Å²) in [6.45, 7) is 6.41. The molecular formula is C31H36F6N4O2. The molecule has 2 aliphatic rings. The van der Waals surface area contributed by atoms with Gasteiger partial charge in [0.25, 0.3) is 5.91 Å². The van der Waals surface area contributed by atoms with E-state index < -0.39 is 41.0 Å². The zero-order valence-electron chi connectivity index (χ0n) is 23.8. The zero-order chi connectivity index (χ0) is 30.6. The van der Waals surface area contributed by atoms with Gasteiger partial charge in [-0.3, -0.25) is 14.6 Å². The summed E-state index contributed by atoms with van der Waals surface area (Å²) in [7, 11) is 0. The molecule has 0 aliphatic carbocycles. The largest absolute Gasteiger partial charge is 0.416 e. The molecule has 5 rings (SSSR count). The van der Waals surface area contributed by atoms with Crippen LogP contribution in [0.5, 0.6) is 0 Å². The number of morpholine rings is 1. The molecule has 3 aromatic rings. The van der Waals surface area contributed by atoms with Gasteiger partial charge in [-0.1, -0.05) is 24.6 Å². The first-order valence-corrected chi connectivity index (χ1v) is 14.7. The highest BCUT2D eigenvalue weighted by molar-refractivity contribution is 5.95. The molecule has 0 spiro atoms. The molecule has 2 fully saturated rings. The lowest BCUT2D eigenvalue weighted by molar-refractivity contribution is -0.143. The minimum Gasteiger partial charge on any atom is -0.379 e. The van der Waals surface area contributed by atoms with E-state index in [-0.39, 0.29) is 12.6 Å². The van der Waals surface area contributed by atoms with Gasteiger partial charge >= 0.3 is 12.4 Å². The maximum Gasteiger partial charge on any atom is 0.416 e. The normalized spacial score (nSPS) is 19.3. The van der Waals surface area contributed by atoms with E-state index in [0.29, 0.717) is 31.6 Å². The number of para-hydroxylation sites is 1. The average Bonchev–Trinajstić information content (AvgIpc) is 3.39. The van der Waals surface area contributed by atoms with Gasteiger partial charge in [0.1, 0.15) is 0 Å². The third kappa shape index (κ3) is 7.90. The molecule has 1 amide bonds. The van der Waals surface area contributed by atoms with Crippen LogP contribution in [0, 0.1) is 0 Å². The molecule has 1 aromatic heterocycles. The number of unbranched alkanes of at least 4 members (excludes halogenated alkanes) is 2. The quantitative estimate of drug-likeness (QED) is 0.236. The minimum absolute atomic E-state index is 0.0528. The number of hydrogen-bond acceptors (Lipinski definition) is 4. The van der Waals surface area contributed by atoms with Crippen LogP contribution < -0.4 is 0 Å². The van der Waals surface area contributed by atoms with Crippen molar-refractivity contribution in [1.29, 1.82) is 0 Å². The van der Waals surface area contributed by atoms with Crippen LogP contribution in [0.25, 0.3) is 10.9 Å². The molecule has 1 N–H and O–H groups in total. The Bertz CT molecular complexity index is 1350. The van der Waals surface area contributed by atoms with E-state index in [9.17, 15) is 31.1 Å². The van der Waals surface area contributed by atoms with E-state index in [1.54, 1.807) is 0 Å². The minimum atomic E-state index is -5.03. The van der Waals surface area contributed by atoms with Crippen molar-refractivity contribution in [3.8, 4) is 0 Å². The van der Waals surface area contributed by atoms with Crippen molar-refractivity contribution < 1.29 is 35.9 Å². The lowest BCUT2D eigenvalue weighted by atomic mass is 9.98. The van der Waals surface area contributed by atoms with Crippen molar-refractivity contribution >= 4 is 16.8 Å². The third-order valence-corrected chi connectivity index (χ3v) is 8.35. The van der Waals surface area contributed by atoms with Crippen LogP contribution in [-0.4, -0.2) is 90.7 Å². The van der Waals surface area contributed by atoms with E-state index in [0.717, 1.165) is 75.1 Å². The molecule has 43 heavy (non-hydrogen) atoms. The fourth-order valence-electron chi connectivity index (χ4n) is 6.04. The number of carbonyl (C=O) groups is 1. The molecular weight excluding hydrogens is 574 g/mol. The number of benzene rings is 2. The number of halogens is 6. The summed E-state index contributed by atoms with van der Waals surface area (Å²) in [6.07, 6.45) is -4.73. The topological polar surface area (TPSA) is 51.8 Å². The standard InChI is InChI=1S/C31H36F6N4O2/c32-30(33,34)24-16-22(17-25(19-24)31(35,36)37)29(42)41-11-10-40(9-5-1-4-8-39-12-14-43-15-13-39)21-26(41)18-23-20-38-28-7-3-2-6-27(23)28/h2-3,6-7,16-17,19-20,26,38H,1,4-5,8-15,18,21H2. The Morgan fingerprint density at radius 2 is 1.49 bits per heavy atom. The molecule has 1 atom stereocenters. The number of aromatic nitrogens is 1. The SMILES string of the molecule is O=C(c1cc(C(F)(F)F)cc(C(F)(F)F)c1)N1CCN(CCCCCN2CCOCC2)CC1Cc1c[nH]c2ccccc12. The average molecular weight is 611 g/mol. The summed E-state index contributed by atoms with van der Waals surface area (Å²) < 4.78 is 86.6. The molecule has 0 bridgehead atoms. The van der Waals surface area contributed by atoms with E-state index in [1.165, 1.54) is 4.90 Å². The Morgan fingerprint density at radius 3 is 2.16 bits per heavy atom. The summed E-state index contributed by atoms with van der Waals surface area (Å²) in [6, 6.07) is 8.34. The van der Waals surface area contributed by atoms with Crippen molar-refractivity contribution in [2.45, 2.75) is 44.1 Å². The first kappa shape index (κ1) is 31.3. The second-order valence-electron chi connectivity index (χ2n) is 11.3. The molecule has 3 heterocycles. The van der Waals surface area contributed by atoms with Crippen LogP contribution in [0.15, 0.2) is 48.7 Å². The number of rotatable bonds is 9. The molecule has 234 valence electrons. The van der Waals surface area contributed by atoms with Crippen LogP contribution in [0.1, 0.15) is 46.3 Å². The van der Waals surface area contributed by atoms with Crippen molar-refractivity contribution in [2.75, 3.05) is 59.0 Å². The van der Waals surface area contributed by atoms with Crippen LogP contribution in [0.2, 0.25) is 0 Å². The smallest absolute Gasteiger partial charge is 0.379 e. The molecule has 1 unspecified atom stereocenters. The predicted octanol–water partition coefficient (Wildman–Crippen LogP) is 6.08. The van der Waals surface area contributed by atoms with Crippen molar-refractivity contribution in [1.82, 2.24) is 19.7 Å². The second-order valence-corrected chi connectivity index (χ2v) is 11.3. The Kier molecular flexibility index (Phi) is 9.67. The fourth-order valence-corrected chi connectivity index (χ4v) is 6.04. The van der Waals surface area contributed by atoms with Gasteiger partial charge in [0, 0.05) is 61.4 Å². The monoisotopic (exact) mass is 610 g/mol. The Labute approximate surface area is 246 Å². The van der Waals surface area contributed by atoms with Crippen LogP contribution in [-0.2, 0) is 23.5 Å². The summed E-state index contributed by atoms with van der Waals surface area (Å²) in [5.74, 6) is -0.827. The van der Waals surface area contributed by atoms with Crippen molar-refractivity contribution in [3.05, 3.63) is 70.9 Å². The number of fused-ring (bicyclic) bond motifs is 1. The fraction of sp³-hybridized carbons (Fsp3) is 0.516. The maximum absolute atomic E-state index is 13.7. The molecule has 2 aliphatic heterocycles. The molecule has 0 saturated carbocycles. The highest BCUT2D eigenvalue weighted by Gasteiger charge is 2.39. The number of amides is 1. The number of H-pyrrole nitrogens is 1. The highest BCUT2D eigenvalue weighted by atomic mass is 19.4. The van der Waals surface area contributed by atoms with E-state index in [2.05, 4.69) is 14.8 Å². The third-order valence-electron chi connectivity index (χ3n) is 8.35. The summed E-state index contributed by atoms with van der Waals surface area (Å²) in [5.41, 5.74) is -1.74. The first-order chi connectivity index (χ1) is 20.5. The van der Waals surface area contributed by atoms with Gasteiger partial charge in [-0.05, 0) is 62.2 Å². The van der Waals surface area contributed by atoms with E-state index in [1.807, 2.05) is 30.5 Å². The highest BCUT2D eigenvalue weighted by Crippen LogP contribution is 2.37. The predicted molar refractivity (Wildman–Crippen MR) is 151 cm³/mol. The zero-order valence-corrected chi connectivity index (χ0v) is 23.8. The van der Waals surface area contributed by atoms with Gasteiger partial charge in [-0.15, -0.1) is 0 Å². The molecule has 2 aromatic carbocycles. The van der Waals surface area contributed by atoms with Gasteiger partial charge in [0.05, 0.1) is 24.3 Å². The van der Waals surface area contributed by atoms with Crippen LogP contribution in [0.4, 0.5) is 26.3 Å².